The highest BCUT2D eigenvalue weighted by Crippen LogP contribution is 2.25. The zero-order chi connectivity index (χ0) is 18.0. The number of hydrogen-bond acceptors (Lipinski definition) is 3. The monoisotopic (exact) mass is 422 g/mol. The average Bonchev–Trinajstić information content (AvgIpc) is 3.12. The molecule has 1 fully saturated rings. The summed E-state index contributed by atoms with van der Waals surface area (Å²) in [5.41, 5.74) is 1.72. The molecule has 3 rings (SSSR count). The molecular formula is C18H19BrN2O3S. The maximum atomic E-state index is 12.7. The minimum Gasteiger partial charge on any atom is -0.321 e. The smallest absolute Gasteiger partial charge is 0.256 e. The van der Waals surface area contributed by atoms with Gasteiger partial charge in [0.15, 0.2) is 0 Å². The summed E-state index contributed by atoms with van der Waals surface area (Å²) in [5, 5.41) is 2.82. The Hall–Kier alpha value is -1.70. The quantitative estimate of drug-likeness (QED) is 0.814. The number of rotatable bonds is 4. The molecule has 0 saturated carbocycles. The number of nitrogens with zero attached hydrogens (tertiary/aromatic N) is 1. The average molecular weight is 423 g/mol. The van der Waals surface area contributed by atoms with Crippen molar-refractivity contribution in [3.8, 4) is 0 Å². The Morgan fingerprint density at radius 3 is 2.48 bits per heavy atom. The summed E-state index contributed by atoms with van der Waals surface area (Å²) >= 11 is 3.39. The number of nitrogens with one attached hydrogen (secondary N) is 1. The van der Waals surface area contributed by atoms with Gasteiger partial charge in [0, 0.05) is 23.1 Å². The molecule has 0 aliphatic carbocycles. The molecule has 0 spiro atoms. The van der Waals surface area contributed by atoms with Crippen LogP contribution in [0.3, 0.4) is 0 Å². The molecule has 0 bridgehead atoms. The van der Waals surface area contributed by atoms with Crippen molar-refractivity contribution in [2.45, 2.75) is 24.7 Å². The number of para-hydroxylation sites is 1. The molecule has 1 N–H and O–H groups in total. The van der Waals surface area contributed by atoms with Gasteiger partial charge in [-0.25, -0.2) is 8.42 Å². The van der Waals surface area contributed by atoms with E-state index in [9.17, 15) is 13.2 Å². The van der Waals surface area contributed by atoms with Gasteiger partial charge in [-0.3, -0.25) is 4.79 Å². The molecule has 0 aromatic heterocycles. The van der Waals surface area contributed by atoms with Crippen LogP contribution >= 0.6 is 15.9 Å². The van der Waals surface area contributed by atoms with Crippen LogP contribution in [0.25, 0.3) is 0 Å². The molecule has 0 atom stereocenters. The van der Waals surface area contributed by atoms with Gasteiger partial charge in [0.25, 0.3) is 5.91 Å². The molecule has 1 aliphatic heterocycles. The molecule has 25 heavy (non-hydrogen) atoms. The van der Waals surface area contributed by atoms with Gasteiger partial charge in [-0.2, -0.15) is 4.31 Å². The number of benzene rings is 2. The Balaban J connectivity index is 1.91. The van der Waals surface area contributed by atoms with Crippen LogP contribution in [-0.4, -0.2) is 31.7 Å². The van der Waals surface area contributed by atoms with E-state index in [4.69, 9.17) is 0 Å². The number of halogens is 1. The molecule has 2 aromatic rings. The lowest BCUT2D eigenvalue weighted by molar-refractivity contribution is 0.102. The second-order valence-electron chi connectivity index (χ2n) is 6.02. The third kappa shape index (κ3) is 3.78. The molecule has 0 unspecified atom stereocenters. The molecule has 1 amide bonds. The Labute approximate surface area is 156 Å². The molecule has 0 radical (unpaired) electrons. The molecule has 1 saturated heterocycles. The fourth-order valence-electron chi connectivity index (χ4n) is 2.84. The van der Waals surface area contributed by atoms with Crippen molar-refractivity contribution in [2.24, 2.45) is 0 Å². The first kappa shape index (κ1) is 18.1. The Morgan fingerprint density at radius 2 is 1.80 bits per heavy atom. The van der Waals surface area contributed by atoms with Gasteiger partial charge in [0.2, 0.25) is 10.0 Å². The van der Waals surface area contributed by atoms with E-state index in [1.165, 1.54) is 10.4 Å². The van der Waals surface area contributed by atoms with Crippen molar-refractivity contribution in [1.29, 1.82) is 0 Å². The minimum atomic E-state index is -3.55. The van der Waals surface area contributed by atoms with Crippen LogP contribution in [0.5, 0.6) is 0 Å². The number of carbonyl (C=O) groups excluding carboxylic acids is 1. The van der Waals surface area contributed by atoms with Crippen molar-refractivity contribution in [3.63, 3.8) is 0 Å². The SMILES string of the molecule is Cc1ccc(S(=O)(=O)N2CCCC2)cc1C(=O)Nc1ccccc1Br. The van der Waals surface area contributed by atoms with Gasteiger partial charge < -0.3 is 5.32 Å². The standard InChI is InChI=1S/C18H19BrN2O3S/c1-13-8-9-14(25(23,24)21-10-4-5-11-21)12-15(13)18(22)20-17-7-3-2-6-16(17)19/h2-3,6-9,12H,4-5,10-11H2,1H3,(H,20,22). The number of amides is 1. The van der Waals surface area contributed by atoms with Crippen molar-refractivity contribution < 1.29 is 13.2 Å². The van der Waals surface area contributed by atoms with E-state index in [0.29, 0.717) is 24.3 Å². The first-order valence-electron chi connectivity index (χ1n) is 8.06. The lowest BCUT2D eigenvalue weighted by atomic mass is 10.1. The lowest BCUT2D eigenvalue weighted by Gasteiger charge is -2.17. The van der Waals surface area contributed by atoms with Gasteiger partial charge in [-0.05, 0) is 65.5 Å². The molecule has 7 heteroatoms. The lowest BCUT2D eigenvalue weighted by Crippen LogP contribution is -2.28. The first-order chi connectivity index (χ1) is 11.9. The molecule has 2 aromatic carbocycles. The zero-order valence-electron chi connectivity index (χ0n) is 13.8. The number of carbonyl (C=O) groups is 1. The van der Waals surface area contributed by atoms with Gasteiger partial charge >= 0.3 is 0 Å². The van der Waals surface area contributed by atoms with Crippen molar-refractivity contribution >= 4 is 37.5 Å². The highest BCUT2D eigenvalue weighted by atomic mass is 79.9. The molecule has 1 aliphatic rings. The number of sulfonamides is 1. The largest absolute Gasteiger partial charge is 0.321 e. The number of anilines is 1. The van der Waals surface area contributed by atoms with E-state index in [2.05, 4.69) is 21.2 Å². The maximum absolute atomic E-state index is 12.7. The van der Waals surface area contributed by atoms with Crippen LogP contribution in [-0.2, 0) is 10.0 Å². The van der Waals surface area contributed by atoms with Crippen LogP contribution < -0.4 is 5.32 Å². The van der Waals surface area contributed by atoms with Crippen molar-refractivity contribution in [3.05, 3.63) is 58.1 Å². The summed E-state index contributed by atoms with van der Waals surface area (Å²) in [4.78, 5) is 12.8. The van der Waals surface area contributed by atoms with E-state index in [0.717, 1.165) is 22.9 Å². The van der Waals surface area contributed by atoms with E-state index in [-0.39, 0.29) is 10.8 Å². The van der Waals surface area contributed by atoms with E-state index >= 15 is 0 Å². The normalized spacial score (nSPS) is 15.3. The van der Waals surface area contributed by atoms with Gasteiger partial charge in [0.05, 0.1) is 10.6 Å². The van der Waals surface area contributed by atoms with Crippen molar-refractivity contribution in [2.75, 3.05) is 18.4 Å². The maximum Gasteiger partial charge on any atom is 0.256 e. The predicted molar refractivity (Wildman–Crippen MR) is 101 cm³/mol. The highest BCUT2D eigenvalue weighted by Gasteiger charge is 2.28. The summed E-state index contributed by atoms with van der Waals surface area (Å²) in [6, 6.07) is 12.0. The third-order valence-corrected chi connectivity index (χ3v) is 6.86. The zero-order valence-corrected chi connectivity index (χ0v) is 16.2. The predicted octanol–water partition coefficient (Wildman–Crippen LogP) is 3.79. The third-order valence-electron chi connectivity index (χ3n) is 4.28. The van der Waals surface area contributed by atoms with E-state index < -0.39 is 10.0 Å². The molecule has 1 heterocycles. The Kier molecular flexibility index (Phi) is 5.27. The fourth-order valence-corrected chi connectivity index (χ4v) is 4.76. The number of aryl methyl sites for hydroxylation is 1. The summed E-state index contributed by atoms with van der Waals surface area (Å²) in [7, 11) is -3.55. The van der Waals surface area contributed by atoms with Crippen molar-refractivity contribution in [1.82, 2.24) is 4.31 Å². The van der Waals surface area contributed by atoms with Crippen LogP contribution in [0, 0.1) is 6.92 Å². The topological polar surface area (TPSA) is 66.5 Å². The second-order valence-corrected chi connectivity index (χ2v) is 8.81. The molecular weight excluding hydrogens is 404 g/mol. The van der Waals surface area contributed by atoms with Gasteiger partial charge in [0.1, 0.15) is 0 Å². The van der Waals surface area contributed by atoms with E-state index in [1.54, 1.807) is 25.1 Å². The van der Waals surface area contributed by atoms with Crippen LogP contribution in [0.4, 0.5) is 5.69 Å². The van der Waals surface area contributed by atoms with Crippen LogP contribution in [0.2, 0.25) is 0 Å². The summed E-state index contributed by atoms with van der Waals surface area (Å²) in [6.07, 6.45) is 1.75. The summed E-state index contributed by atoms with van der Waals surface area (Å²) in [5.74, 6) is -0.331. The summed E-state index contributed by atoms with van der Waals surface area (Å²) < 4.78 is 27.7. The molecule has 5 nitrogen and oxygen atoms in total. The summed E-state index contributed by atoms with van der Waals surface area (Å²) in [6.45, 7) is 2.87. The van der Waals surface area contributed by atoms with Gasteiger partial charge in [-0.1, -0.05) is 18.2 Å². The number of hydrogen-bond donors (Lipinski definition) is 1. The minimum absolute atomic E-state index is 0.164. The second kappa shape index (κ2) is 7.27. The van der Waals surface area contributed by atoms with Gasteiger partial charge in [-0.15, -0.1) is 0 Å². The Morgan fingerprint density at radius 1 is 1.12 bits per heavy atom. The van der Waals surface area contributed by atoms with E-state index in [1.807, 2.05) is 18.2 Å². The highest BCUT2D eigenvalue weighted by molar-refractivity contribution is 9.10. The Bertz CT molecular complexity index is 906. The van der Waals surface area contributed by atoms with Crippen LogP contribution in [0.15, 0.2) is 51.8 Å². The van der Waals surface area contributed by atoms with Crippen LogP contribution in [0.1, 0.15) is 28.8 Å². The molecule has 132 valence electrons. The first-order valence-corrected chi connectivity index (χ1v) is 10.3. The fraction of sp³-hybridized carbons (Fsp3) is 0.278.